The molecule has 2 unspecified atom stereocenters. The highest BCUT2D eigenvalue weighted by atomic mass is 16.5. The number of ether oxygens (including phenoxy) is 1. The SMILES string of the molecule is COc1ccc(C(=O)N2CCN(C(=O)CC3CC4CCC(C3)N4)CC2)cc1. The van der Waals surface area contributed by atoms with Crippen LogP contribution in [0.3, 0.4) is 0 Å². The maximum absolute atomic E-state index is 12.7. The molecule has 1 aromatic rings. The molecular formula is C21H29N3O3. The van der Waals surface area contributed by atoms with E-state index in [0.29, 0.717) is 56.2 Å². The number of fused-ring (bicyclic) bond motifs is 2. The van der Waals surface area contributed by atoms with Crippen molar-refractivity contribution < 1.29 is 14.3 Å². The summed E-state index contributed by atoms with van der Waals surface area (Å²) in [6.07, 6.45) is 5.47. The van der Waals surface area contributed by atoms with Gasteiger partial charge in [0.15, 0.2) is 0 Å². The lowest BCUT2D eigenvalue weighted by molar-refractivity contribution is -0.134. The smallest absolute Gasteiger partial charge is 0.253 e. The molecule has 6 nitrogen and oxygen atoms in total. The Balaban J connectivity index is 1.26. The van der Waals surface area contributed by atoms with E-state index in [9.17, 15) is 9.59 Å². The maximum atomic E-state index is 12.7. The Bertz CT molecular complexity index is 670. The Morgan fingerprint density at radius 3 is 2.19 bits per heavy atom. The zero-order chi connectivity index (χ0) is 18.8. The molecule has 2 atom stereocenters. The Labute approximate surface area is 160 Å². The monoisotopic (exact) mass is 371 g/mol. The van der Waals surface area contributed by atoms with Crippen molar-refractivity contribution in [2.75, 3.05) is 33.3 Å². The van der Waals surface area contributed by atoms with Crippen molar-refractivity contribution in [3.8, 4) is 5.75 Å². The van der Waals surface area contributed by atoms with Gasteiger partial charge in [-0.3, -0.25) is 9.59 Å². The normalized spacial score (nSPS) is 27.5. The number of rotatable bonds is 4. The molecule has 3 fully saturated rings. The van der Waals surface area contributed by atoms with E-state index in [1.165, 1.54) is 12.8 Å². The molecule has 146 valence electrons. The molecule has 6 heteroatoms. The number of nitrogens with one attached hydrogen (secondary N) is 1. The molecule has 27 heavy (non-hydrogen) atoms. The lowest BCUT2D eigenvalue weighted by atomic mass is 9.89. The van der Waals surface area contributed by atoms with Gasteiger partial charge in [-0.05, 0) is 55.9 Å². The zero-order valence-electron chi connectivity index (χ0n) is 16.0. The van der Waals surface area contributed by atoms with Gasteiger partial charge < -0.3 is 19.9 Å². The van der Waals surface area contributed by atoms with Gasteiger partial charge in [0.05, 0.1) is 7.11 Å². The van der Waals surface area contributed by atoms with E-state index in [1.807, 2.05) is 9.80 Å². The van der Waals surface area contributed by atoms with Gasteiger partial charge in [0.2, 0.25) is 5.91 Å². The first-order valence-electron chi connectivity index (χ1n) is 10.1. The van der Waals surface area contributed by atoms with Crippen LogP contribution in [0, 0.1) is 5.92 Å². The van der Waals surface area contributed by atoms with E-state index in [-0.39, 0.29) is 11.8 Å². The van der Waals surface area contributed by atoms with Gasteiger partial charge in [0, 0.05) is 50.2 Å². The molecule has 0 aliphatic carbocycles. The Hall–Kier alpha value is -2.08. The van der Waals surface area contributed by atoms with Gasteiger partial charge in [-0.2, -0.15) is 0 Å². The average molecular weight is 371 g/mol. The Kier molecular flexibility index (Phi) is 5.34. The number of hydrogen-bond acceptors (Lipinski definition) is 4. The average Bonchev–Trinajstić information content (AvgIpc) is 3.05. The molecular weight excluding hydrogens is 342 g/mol. The summed E-state index contributed by atoms with van der Waals surface area (Å²) in [5.74, 6) is 1.56. The first kappa shape index (κ1) is 18.3. The van der Waals surface area contributed by atoms with Crippen LogP contribution in [0.4, 0.5) is 0 Å². The number of piperidine rings is 1. The van der Waals surface area contributed by atoms with Crippen molar-refractivity contribution in [1.29, 1.82) is 0 Å². The minimum Gasteiger partial charge on any atom is -0.497 e. The van der Waals surface area contributed by atoms with Crippen molar-refractivity contribution in [2.24, 2.45) is 5.92 Å². The molecule has 1 N–H and O–H groups in total. The molecule has 0 spiro atoms. The minimum atomic E-state index is 0.0275. The second kappa shape index (κ2) is 7.89. The van der Waals surface area contributed by atoms with Crippen LogP contribution in [0.2, 0.25) is 0 Å². The molecule has 3 aliphatic heterocycles. The number of carbonyl (C=O) groups excluding carboxylic acids is 2. The van der Waals surface area contributed by atoms with Gasteiger partial charge in [-0.15, -0.1) is 0 Å². The standard InChI is InChI=1S/C21H29N3O3/c1-27-19-6-2-16(3-7-19)21(26)24-10-8-23(9-11-24)20(25)14-15-12-17-4-5-18(13-15)22-17/h2-3,6-7,15,17-18,22H,4-5,8-14H2,1H3. The fourth-order valence-corrected chi connectivity index (χ4v) is 4.79. The number of benzene rings is 1. The van der Waals surface area contributed by atoms with Crippen LogP contribution in [0.5, 0.6) is 5.75 Å². The molecule has 1 aromatic carbocycles. The molecule has 0 saturated carbocycles. The van der Waals surface area contributed by atoms with Crippen LogP contribution in [0.15, 0.2) is 24.3 Å². The predicted molar refractivity (Wildman–Crippen MR) is 103 cm³/mol. The fraction of sp³-hybridized carbons (Fsp3) is 0.619. The van der Waals surface area contributed by atoms with Crippen LogP contribution in [-0.2, 0) is 4.79 Å². The molecule has 3 saturated heterocycles. The molecule has 3 aliphatic rings. The number of piperazine rings is 1. The van der Waals surface area contributed by atoms with Gasteiger partial charge >= 0.3 is 0 Å². The third-order valence-corrected chi connectivity index (χ3v) is 6.29. The first-order chi connectivity index (χ1) is 13.1. The highest BCUT2D eigenvalue weighted by molar-refractivity contribution is 5.94. The van der Waals surface area contributed by atoms with Crippen LogP contribution in [0.1, 0.15) is 42.5 Å². The van der Waals surface area contributed by atoms with Gasteiger partial charge in [-0.1, -0.05) is 0 Å². The van der Waals surface area contributed by atoms with Crippen molar-refractivity contribution >= 4 is 11.8 Å². The zero-order valence-corrected chi connectivity index (χ0v) is 16.0. The number of nitrogens with zero attached hydrogens (tertiary/aromatic N) is 2. The van der Waals surface area contributed by atoms with Gasteiger partial charge in [0.25, 0.3) is 5.91 Å². The number of amides is 2. The summed E-state index contributed by atoms with van der Waals surface area (Å²) in [5, 5.41) is 3.64. The number of methoxy groups -OCH3 is 1. The molecule has 3 heterocycles. The molecule has 2 bridgehead atoms. The number of hydrogen-bond donors (Lipinski definition) is 1. The number of carbonyl (C=O) groups is 2. The highest BCUT2D eigenvalue weighted by Crippen LogP contribution is 2.33. The minimum absolute atomic E-state index is 0.0275. The lowest BCUT2D eigenvalue weighted by Gasteiger charge is -2.36. The fourth-order valence-electron chi connectivity index (χ4n) is 4.79. The quantitative estimate of drug-likeness (QED) is 0.878. The Morgan fingerprint density at radius 2 is 1.59 bits per heavy atom. The summed E-state index contributed by atoms with van der Waals surface area (Å²) in [7, 11) is 1.61. The Morgan fingerprint density at radius 1 is 1.00 bits per heavy atom. The molecule has 0 aromatic heterocycles. The van der Waals surface area contributed by atoms with Crippen LogP contribution < -0.4 is 10.1 Å². The van der Waals surface area contributed by atoms with Crippen molar-refractivity contribution in [1.82, 2.24) is 15.1 Å². The topological polar surface area (TPSA) is 61.9 Å². The van der Waals surface area contributed by atoms with E-state index in [2.05, 4.69) is 5.32 Å². The predicted octanol–water partition coefficient (Wildman–Crippen LogP) is 1.90. The van der Waals surface area contributed by atoms with Crippen LogP contribution >= 0.6 is 0 Å². The summed E-state index contributed by atoms with van der Waals surface area (Å²) in [4.78, 5) is 29.1. The third-order valence-electron chi connectivity index (χ3n) is 6.29. The summed E-state index contributed by atoms with van der Waals surface area (Å²) >= 11 is 0. The van der Waals surface area contributed by atoms with E-state index in [4.69, 9.17) is 4.74 Å². The second-order valence-electron chi connectivity index (χ2n) is 8.08. The molecule has 2 amide bonds. The van der Waals surface area contributed by atoms with Crippen molar-refractivity contribution in [3.63, 3.8) is 0 Å². The summed E-state index contributed by atoms with van der Waals surface area (Å²) in [6.45, 7) is 2.49. The van der Waals surface area contributed by atoms with E-state index in [0.717, 1.165) is 18.6 Å². The van der Waals surface area contributed by atoms with E-state index < -0.39 is 0 Å². The van der Waals surface area contributed by atoms with E-state index in [1.54, 1.807) is 31.4 Å². The second-order valence-corrected chi connectivity index (χ2v) is 8.08. The largest absolute Gasteiger partial charge is 0.497 e. The maximum Gasteiger partial charge on any atom is 0.253 e. The van der Waals surface area contributed by atoms with Crippen LogP contribution in [0.25, 0.3) is 0 Å². The lowest BCUT2D eigenvalue weighted by Crippen LogP contribution is -2.51. The van der Waals surface area contributed by atoms with E-state index >= 15 is 0 Å². The van der Waals surface area contributed by atoms with Crippen LogP contribution in [-0.4, -0.2) is 67.0 Å². The highest BCUT2D eigenvalue weighted by Gasteiger charge is 2.35. The van der Waals surface area contributed by atoms with Gasteiger partial charge in [0.1, 0.15) is 5.75 Å². The van der Waals surface area contributed by atoms with Crippen molar-refractivity contribution in [3.05, 3.63) is 29.8 Å². The molecule has 4 rings (SSSR count). The van der Waals surface area contributed by atoms with Gasteiger partial charge in [-0.25, -0.2) is 0 Å². The molecule has 0 radical (unpaired) electrons. The summed E-state index contributed by atoms with van der Waals surface area (Å²) < 4.78 is 5.14. The summed E-state index contributed by atoms with van der Waals surface area (Å²) in [6, 6.07) is 8.45. The van der Waals surface area contributed by atoms with Crippen molar-refractivity contribution in [2.45, 2.75) is 44.2 Å². The third kappa shape index (κ3) is 4.10. The summed E-state index contributed by atoms with van der Waals surface area (Å²) in [5.41, 5.74) is 0.667. The first-order valence-corrected chi connectivity index (χ1v) is 10.1.